The molecule has 31 heavy (non-hydrogen) atoms. The largest absolute Gasteiger partial charge is 0.343 e. The third-order valence-electron chi connectivity index (χ3n) is 4.99. The molecule has 0 aliphatic carbocycles. The van der Waals surface area contributed by atoms with Gasteiger partial charge in [-0.25, -0.2) is 9.67 Å². The van der Waals surface area contributed by atoms with Crippen LogP contribution in [-0.4, -0.2) is 31.1 Å². The molecule has 0 aliphatic rings. The highest BCUT2D eigenvalue weighted by atomic mass is 16.2. The van der Waals surface area contributed by atoms with Gasteiger partial charge < -0.3 is 15.2 Å². The highest BCUT2D eigenvalue weighted by Gasteiger charge is 2.18. The lowest BCUT2D eigenvalue weighted by atomic mass is 10.3. The molecule has 8 nitrogen and oxygen atoms in total. The van der Waals surface area contributed by atoms with Crippen molar-refractivity contribution in [2.45, 2.75) is 33.4 Å². The van der Waals surface area contributed by atoms with E-state index in [0.717, 1.165) is 29.1 Å². The van der Waals surface area contributed by atoms with E-state index >= 15 is 0 Å². The molecule has 0 aliphatic heterocycles. The van der Waals surface area contributed by atoms with Crippen molar-refractivity contribution in [2.24, 2.45) is 0 Å². The van der Waals surface area contributed by atoms with Crippen molar-refractivity contribution in [1.29, 1.82) is 0 Å². The maximum Gasteiger partial charge on any atom is 0.272 e. The van der Waals surface area contributed by atoms with Crippen LogP contribution in [0.15, 0.2) is 60.7 Å². The number of hydrogen-bond acceptors (Lipinski definition) is 4. The van der Waals surface area contributed by atoms with Crippen LogP contribution in [0.3, 0.4) is 0 Å². The molecular weight excluding hydrogens is 392 g/mol. The topological polar surface area (TPSA) is 93.8 Å². The van der Waals surface area contributed by atoms with E-state index in [-0.39, 0.29) is 24.1 Å². The van der Waals surface area contributed by atoms with Crippen molar-refractivity contribution in [3.63, 3.8) is 0 Å². The first-order valence-corrected chi connectivity index (χ1v) is 10.3. The van der Waals surface area contributed by atoms with Crippen LogP contribution in [0.1, 0.15) is 36.6 Å². The maximum atomic E-state index is 12.8. The fourth-order valence-electron chi connectivity index (χ4n) is 3.44. The number of amides is 2. The quantitative estimate of drug-likeness (QED) is 0.482. The average Bonchev–Trinajstić information content (AvgIpc) is 3.39. The monoisotopic (exact) mass is 416 g/mol. The van der Waals surface area contributed by atoms with Gasteiger partial charge in [-0.05, 0) is 31.2 Å². The summed E-state index contributed by atoms with van der Waals surface area (Å²) in [5.74, 6) is 0.736. The van der Waals surface area contributed by atoms with Crippen LogP contribution in [0, 0.1) is 0 Å². The molecule has 0 fully saturated rings. The molecule has 0 radical (unpaired) electrons. The second kappa shape index (κ2) is 8.83. The van der Waals surface area contributed by atoms with E-state index in [2.05, 4.69) is 25.3 Å². The molecule has 2 heterocycles. The highest BCUT2D eigenvalue weighted by Crippen LogP contribution is 2.19. The summed E-state index contributed by atoms with van der Waals surface area (Å²) in [6.07, 6.45) is 0.328. The van der Waals surface area contributed by atoms with E-state index in [1.807, 2.05) is 61.5 Å². The van der Waals surface area contributed by atoms with Gasteiger partial charge in [0.05, 0.1) is 23.3 Å². The van der Waals surface area contributed by atoms with Crippen molar-refractivity contribution in [3.05, 3.63) is 72.2 Å². The van der Waals surface area contributed by atoms with Crippen LogP contribution in [0.25, 0.3) is 16.7 Å². The standard InChI is InChI=1S/C23H24N6O2/c1-3-22(30)26-20-14-18(27-29(20)16-10-6-5-7-11-16)23(31)24-15-21-25-17-12-8-9-13-19(17)28(21)4-2/h5-14H,3-4,15H2,1-2H3,(H,24,31)(H,26,30). The first kappa shape index (κ1) is 20.3. The van der Waals surface area contributed by atoms with E-state index in [1.165, 1.54) is 0 Å². The lowest BCUT2D eigenvalue weighted by Gasteiger charge is -2.07. The molecule has 0 unspecified atom stereocenters. The number of hydrogen-bond donors (Lipinski definition) is 2. The van der Waals surface area contributed by atoms with Gasteiger partial charge in [0.25, 0.3) is 5.91 Å². The number of rotatable bonds is 7. The van der Waals surface area contributed by atoms with Gasteiger partial charge >= 0.3 is 0 Å². The van der Waals surface area contributed by atoms with E-state index in [1.54, 1.807) is 17.7 Å². The lowest BCUT2D eigenvalue weighted by molar-refractivity contribution is -0.115. The molecule has 0 bridgehead atoms. The minimum Gasteiger partial charge on any atom is -0.343 e. The zero-order valence-electron chi connectivity index (χ0n) is 17.5. The Hall–Kier alpha value is -3.94. The molecule has 2 amide bonds. The second-order valence-corrected chi connectivity index (χ2v) is 7.01. The molecule has 158 valence electrons. The highest BCUT2D eigenvalue weighted by molar-refractivity contribution is 5.95. The molecular formula is C23H24N6O2. The summed E-state index contributed by atoms with van der Waals surface area (Å²) in [6, 6.07) is 18.8. The van der Waals surface area contributed by atoms with Gasteiger partial charge in [-0.3, -0.25) is 9.59 Å². The van der Waals surface area contributed by atoms with Gasteiger partial charge in [-0.1, -0.05) is 37.3 Å². The fourth-order valence-corrected chi connectivity index (χ4v) is 3.44. The number of fused-ring (bicyclic) bond motifs is 1. The summed E-state index contributed by atoms with van der Waals surface area (Å²) >= 11 is 0. The number of para-hydroxylation sites is 3. The van der Waals surface area contributed by atoms with Crippen molar-refractivity contribution in [3.8, 4) is 5.69 Å². The molecule has 0 saturated heterocycles. The van der Waals surface area contributed by atoms with Gasteiger partial charge in [0.2, 0.25) is 5.91 Å². The summed E-state index contributed by atoms with van der Waals surface area (Å²) in [6.45, 7) is 4.84. The Balaban J connectivity index is 1.58. The van der Waals surface area contributed by atoms with Crippen molar-refractivity contribution >= 4 is 28.7 Å². The Bertz CT molecular complexity index is 1230. The van der Waals surface area contributed by atoms with E-state index in [4.69, 9.17) is 0 Å². The maximum absolute atomic E-state index is 12.8. The van der Waals surface area contributed by atoms with Gasteiger partial charge in [0, 0.05) is 19.0 Å². The van der Waals surface area contributed by atoms with Crippen molar-refractivity contribution in [1.82, 2.24) is 24.6 Å². The van der Waals surface area contributed by atoms with E-state index < -0.39 is 0 Å². The number of aromatic nitrogens is 4. The normalized spacial score (nSPS) is 10.9. The predicted octanol–water partition coefficient (Wildman–Crippen LogP) is 3.52. The second-order valence-electron chi connectivity index (χ2n) is 7.01. The summed E-state index contributed by atoms with van der Waals surface area (Å²) in [4.78, 5) is 29.4. The predicted molar refractivity (Wildman–Crippen MR) is 119 cm³/mol. The van der Waals surface area contributed by atoms with Crippen LogP contribution in [0.5, 0.6) is 0 Å². The average molecular weight is 416 g/mol. The smallest absolute Gasteiger partial charge is 0.272 e. The Morgan fingerprint density at radius 3 is 2.48 bits per heavy atom. The van der Waals surface area contributed by atoms with Gasteiger partial charge in [0.15, 0.2) is 5.69 Å². The van der Waals surface area contributed by atoms with Gasteiger partial charge in [-0.2, -0.15) is 5.10 Å². The lowest BCUT2D eigenvalue weighted by Crippen LogP contribution is -2.25. The van der Waals surface area contributed by atoms with E-state index in [0.29, 0.717) is 12.2 Å². The minimum absolute atomic E-state index is 0.152. The minimum atomic E-state index is -0.337. The number of carbonyl (C=O) groups excluding carboxylic acids is 2. The molecule has 2 aromatic heterocycles. The number of benzene rings is 2. The van der Waals surface area contributed by atoms with Crippen LogP contribution in [-0.2, 0) is 17.9 Å². The van der Waals surface area contributed by atoms with Crippen LogP contribution in [0.4, 0.5) is 5.82 Å². The summed E-state index contributed by atoms with van der Waals surface area (Å²) in [5.41, 5.74) is 2.90. The summed E-state index contributed by atoms with van der Waals surface area (Å²) in [7, 11) is 0. The Labute approximate surface area is 179 Å². The summed E-state index contributed by atoms with van der Waals surface area (Å²) < 4.78 is 3.63. The molecule has 0 spiro atoms. The zero-order valence-corrected chi connectivity index (χ0v) is 17.5. The number of anilines is 1. The summed E-state index contributed by atoms with van der Waals surface area (Å²) in [5, 5.41) is 10.1. The number of nitrogens with zero attached hydrogens (tertiary/aromatic N) is 4. The molecule has 0 atom stereocenters. The number of carbonyl (C=O) groups is 2. The van der Waals surface area contributed by atoms with Crippen molar-refractivity contribution < 1.29 is 9.59 Å². The molecule has 8 heteroatoms. The zero-order chi connectivity index (χ0) is 21.8. The van der Waals surface area contributed by atoms with Gasteiger partial charge in [-0.15, -0.1) is 0 Å². The number of aryl methyl sites for hydroxylation is 1. The Morgan fingerprint density at radius 1 is 1.00 bits per heavy atom. The molecule has 0 saturated carbocycles. The van der Waals surface area contributed by atoms with Crippen LogP contribution >= 0.6 is 0 Å². The Morgan fingerprint density at radius 2 is 1.74 bits per heavy atom. The molecule has 2 aromatic carbocycles. The number of imidazole rings is 1. The fraction of sp³-hybridized carbons (Fsp3) is 0.217. The SMILES string of the molecule is CCC(=O)Nc1cc(C(=O)NCc2nc3ccccc3n2CC)nn1-c1ccccc1. The van der Waals surface area contributed by atoms with Crippen LogP contribution in [0.2, 0.25) is 0 Å². The van der Waals surface area contributed by atoms with Gasteiger partial charge in [0.1, 0.15) is 11.6 Å². The first-order chi connectivity index (χ1) is 15.1. The molecule has 2 N–H and O–H groups in total. The third-order valence-corrected chi connectivity index (χ3v) is 4.99. The first-order valence-electron chi connectivity index (χ1n) is 10.3. The third kappa shape index (κ3) is 4.18. The van der Waals surface area contributed by atoms with Crippen molar-refractivity contribution in [2.75, 3.05) is 5.32 Å². The Kier molecular flexibility index (Phi) is 5.79. The molecule has 4 rings (SSSR count). The van der Waals surface area contributed by atoms with E-state index in [9.17, 15) is 9.59 Å². The molecule has 4 aromatic rings. The van der Waals surface area contributed by atoms with Crippen LogP contribution < -0.4 is 10.6 Å². The number of nitrogens with one attached hydrogen (secondary N) is 2.